The fraction of sp³-hybridized carbons (Fsp3) is 0.0769. The topological polar surface area (TPSA) is 77.2 Å². The van der Waals surface area contributed by atoms with Crippen LogP contribution in [0.1, 0.15) is 10.4 Å². The van der Waals surface area contributed by atoms with Crippen molar-refractivity contribution in [1.29, 1.82) is 0 Å². The Balaban J connectivity index is 2.25. The standard InChI is InChI=1S/C13H13N3O2/c1-18-13(17)9-4-2-5-10(8-9)16-12-11(14)6-3-7-15-12/h2-8H,14H2,1H3,(H,15,16). The van der Waals surface area contributed by atoms with Crippen molar-refractivity contribution in [2.24, 2.45) is 0 Å². The van der Waals surface area contributed by atoms with Crippen molar-refractivity contribution in [2.75, 3.05) is 18.2 Å². The first kappa shape index (κ1) is 11.9. The molecule has 92 valence electrons. The van der Waals surface area contributed by atoms with Gasteiger partial charge in [0.05, 0.1) is 18.4 Å². The number of benzene rings is 1. The molecule has 2 aromatic rings. The van der Waals surface area contributed by atoms with E-state index in [1.807, 2.05) is 6.07 Å². The van der Waals surface area contributed by atoms with Crippen molar-refractivity contribution in [1.82, 2.24) is 4.98 Å². The molecule has 2 rings (SSSR count). The lowest BCUT2D eigenvalue weighted by Gasteiger charge is -2.08. The van der Waals surface area contributed by atoms with Crippen molar-refractivity contribution in [3.63, 3.8) is 0 Å². The molecule has 18 heavy (non-hydrogen) atoms. The summed E-state index contributed by atoms with van der Waals surface area (Å²) in [6.07, 6.45) is 1.64. The number of hydrogen-bond donors (Lipinski definition) is 2. The third-order valence-corrected chi connectivity index (χ3v) is 2.39. The molecule has 3 N–H and O–H groups in total. The minimum Gasteiger partial charge on any atom is -0.465 e. The average molecular weight is 243 g/mol. The van der Waals surface area contributed by atoms with Crippen LogP contribution in [-0.2, 0) is 4.74 Å². The second-order valence-electron chi connectivity index (χ2n) is 3.64. The maximum Gasteiger partial charge on any atom is 0.337 e. The van der Waals surface area contributed by atoms with Crippen LogP contribution in [0.5, 0.6) is 0 Å². The summed E-state index contributed by atoms with van der Waals surface area (Å²) in [5.41, 5.74) is 7.51. The smallest absolute Gasteiger partial charge is 0.337 e. The Labute approximate surface area is 105 Å². The largest absolute Gasteiger partial charge is 0.465 e. The van der Waals surface area contributed by atoms with Crippen molar-refractivity contribution in [3.8, 4) is 0 Å². The zero-order valence-electron chi connectivity index (χ0n) is 9.88. The highest BCUT2D eigenvalue weighted by molar-refractivity contribution is 5.90. The van der Waals surface area contributed by atoms with Gasteiger partial charge < -0.3 is 15.8 Å². The molecule has 0 bridgehead atoms. The molecule has 0 saturated carbocycles. The van der Waals surface area contributed by atoms with Gasteiger partial charge in [0.1, 0.15) is 0 Å². The number of carbonyl (C=O) groups excluding carboxylic acids is 1. The maximum absolute atomic E-state index is 11.4. The van der Waals surface area contributed by atoms with Gasteiger partial charge in [-0.15, -0.1) is 0 Å². The zero-order chi connectivity index (χ0) is 13.0. The molecule has 0 fully saturated rings. The van der Waals surface area contributed by atoms with E-state index >= 15 is 0 Å². The van der Waals surface area contributed by atoms with E-state index < -0.39 is 0 Å². The maximum atomic E-state index is 11.4. The molecule has 1 aromatic heterocycles. The second-order valence-corrected chi connectivity index (χ2v) is 3.64. The third kappa shape index (κ3) is 2.57. The summed E-state index contributed by atoms with van der Waals surface area (Å²) in [4.78, 5) is 15.5. The Morgan fingerprint density at radius 1 is 1.33 bits per heavy atom. The molecule has 0 aliphatic rings. The fourth-order valence-corrected chi connectivity index (χ4v) is 1.50. The second kappa shape index (κ2) is 5.18. The third-order valence-electron chi connectivity index (χ3n) is 2.39. The summed E-state index contributed by atoms with van der Waals surface area (Å²) in [5, 5.41) is 3.05. The zero-order valence-corrected chi connectivity index (χ0v) is 9.88. The van der Waals surface area contributed by atoms with Gasteiger partial charge in [-0.2, -0.15) is 0 Å². The Bertz CT molecular complexity index is 570. The van der Waals surface area contributed by atoms with Crippen LogP contribution >= 0.6 is 0 Å². The van der Waals surface area contributed by atoms with Crippen molar-refractivity contribution < 1.29 is 9.53 Å². The summed E-state index contributed by atoms with van der Waals surface area (Å²) < 4.78 is 4.66. The molecular weight excluding hydrogens is 230 g/mol. The van der Waals surface area contributed by atoms with Gasteiger partial charge in [-0.05, 0) is 30.3 Å². The number of ether oxygens (including phenoxy) is 1. The van der Waals surface area contributed by atoms with Gasteiger partial charge in [-0.1, -0.05) is 6.07 Å². The number of anilines is 3. The number of nitrogen functional groups attached to an aromatic ring is 1. The van der Waals surface area contributed by atoms with Gasteiger partial charge in [0.25, 0.3) is 0 Å². The number of nitrogens with one attached hydrogen (secondary N) is 1. The Morgan fingerprint density at radius 2 is 2.17 bits per heavy atom. The summed E-state index contributed by atoms with van der Waals surface area (Å²) in [6.45, 7) is 0. The molecule has 0 radical (unpaired) electrons. The highest BCUT2D eigenvalue weighted by atomic mass is 16.5. The fourth-order valence-electron chi connectivity index (χ4n) is 1.50. The molecular formula is C13H13N3O2. The molecule has 0 amide bonds. The first-order valence-corrected chi connectivity index (χ1v) is 5.36. The van der Waals surface area contributed by atoms with Gasteiger partial charge in [-0.25, -0.2) is 9.78 Å². The van der Waals surface area contributed by atoms with E-state index in [-0.39, 0.29) is 5.97 Å². The van der Waals surface area contributed by atoms with Crippen LogP contribution in [0.15, 0.2) is 42.6 Å². The Hall–Kier alpha value is -2.56. The van der Waals surface area contributed by atoms with E-state index in [0.29, 0.717) is 17.1 Å². The van der Waals surface area contributed by atoms with E-state index in [1.54, 1.807) is 36.5 Å². The first-order valence-electron chi connectivity index (χ1n) is 5.36. The SMILES string of the molecule is COC(=O)c1cccc(Nc2ncccc2N)c1. The lowest BCUT2D eigenvalue weighted by Crippen LogP contribution is -2.03. The molecule has 5 heteroatoms. The molecule has 5 nitrogen and oxygen atoms in total. The molecule has 0 unspecified atom stereocenters. The summed E-state index contributed by atoms with van der Waals surface area (Å²) in [5.74, 6) is 0.173. The quantitative estimate of drug-likeness (QED) is 0.808. The monoisotopic (exact) mass is 243 g/mol. The lowest BCUT2D eigenvalue weighted by molar-refractivity contribution is 0.0601. The van der Waals surface area contributed by atoms with Gasteiger partial charge in [0, 0.05) is 11.9 Å². The van der Waals surface area contributed by atoms with Crippen LogP contribution in [0.2, 0.25) is 0 Å². The van der Waals surface area contributed by atoms with Gasteiger partial charge >= 0.3 is 5.97 Å². The van der Waals surface area contributed by atoms with E-state index in [1.165, 1.54) is 7.11 Å². The van der Waals surface area contributed by atoms with E-state index in [0.717, 1.165) is 5.69 Å². The first-order chi connectivity index (χ1) is 8.70. The van der Waals surface area contributed by atoms with Crippen molar-refractivity contribution in [3.05, 3.63) is 48.2 Å². The number of hydrogen-bond acceptors (Lipinski definition) is 5. The molecule has 0 aliphatic carbocycles. The summed E-state index contributed by atoms with van der Waals surface area (Å²) in [6, 6.07) is 10.4. The molecule has 0 atom stereocenters. The Morgan fingerprint density at radius 3 is 2.89 bits per heavy atom. The number of aromatic nitrogens is 1. The highest BCUT2D eigenvalue weighted by Crippen LogP contribution is 2.20. The molecule has 0 saturated heterocycles. The average Bonchev–Trinajstić information content (AvgIpc) is 2.41. The molecule has 1 aromatic carbocycles. The molecule has 0 aliphatic heterocycles. The predicted molar refractivity (Wildman–Crippen MR) is 69.7 cm³/mol. The van der Waals surface area contributed by atoms with Crippen LogP contribution in [0, 0.1) is 0 Å². The minimum absolute atomic E-state index is 0.382. The van der Waals surface area contributed by atoms with Crippen LogP contribution in [-0.4, -0.2) is 18.1 Å². The van der Waals surface area contributed by atoms with Gasteiger partial charge in [-0.3, -0.25) is 0 Å². The van der Waals surface area contributed by atoms with Gasteiger partial charge in [0.2, 0.25) is 0 Å². The predicted octanol–water partition coefficient (Wildman–Crippen LogP) is 2.19. The number of nitrogens with zero attached hydrogens (tertiary/aromatic N) is 1. The lowest BCUT2D eigenvalue weighted by atomic mass is 10.2. The van der Waals surface area contributed by atoms with Crippen LogP contribution < -0.4 is 11.1 Å². The van der Waals surface area contributed by atoms with Gasteiger partial charge in [0.15, 0.2) is 5.82 Å². The summed E-state index contributed by atoms with van der Waals surface area (Å²) >= 11 is 0. The van der Waals surface area contributed by atoms with Crippen molar-refractivity contribution in [2.45, 2.75) is 0 Å². The molecule has 1 heterocycles. The summed E-state index contributed by atoms with van der Waals surface area (Å²) in [7, 11) is 1.35. The normalized spacial score (nSPS) is 9.83. The number of pyridine rings is 1. The molecule has 0 spiro atoms. The number of rotatable bonds is 3. The van der Waals surface area contributed by atoms with E-state index in [4.69, 9.17) is 5.73 Å². The number of carbonyl (C=O) groups is 1. The highest BCUT2D eigenvalue weighted by Gasteiger charge is 2.06. The number of esters is 1. The van der Waals surface area contributed by atoms with Crippen LogP contribution in [0.4, 0.5) is 17.2 Å². The van der Waals surface area contributed by atoms with Crippen LogP contribution in [0.25, 0.3) is 0 Å². The van der Waals surface area contributed by atoms with Crippen molar-refractivity contribution >= 4 is 23.2 Å². The Kier molecular flexibility index (Phi) is 3.43. The van der Waals surface area contributed by atoms with E-state index in [2.05, 4.69) is 15.0 Å². The van der Waals surface area contributed by atoms with Crippen LogP contribution in [0.3, 0.4) is 0 Å². The van der Waals surface area contributed by atoms with E-state index in [9.17, 15) is 4.79 Å². The number of nitrogens with two attached hydrogens (primary N) is 1. The number of methoxy groups -OCH3 is 1. The minimum atomic E-state index is -0.382.